The third-order valence-electron chi connectivity index (χ3n) is 6.08. The van der Waals surface area contributed by atoms with Crippen molar-refractivity contribution in [2.24, 2.45) is 5.92 Å². The molecule has 2 aliphatic rings. The van der Waals surface area contributed by atoms with Gasteiger partial charge in [0.05, 0.1) is 16.1 Å². The first-order valence-corrected chi connectivity index (χ1v) is 11.6. The van der Waals surface area contributed by atoms with Gasteiger partial charge in [-0.3, -0.25) is 9.69 Å². The van der Waals surface area contributed by atoms with Crippen molar-refractivity contribution in [2.45, 2.75) is 51.2 Å². The van der Waals surface area contributed by atoms with Crippen LogP contribution in [0, 0.1) is 5.92 Å². The van der Waals surface area contributed by atoms with Crippen LogP contribution in [0.3, 0.4) is 0 Å². The first kappa shape index (κ1) is 21.5. The zero-order valence-corrected chi connectivity index (χ0v) is 18.6. The highest BCUT2D eigenvalue weighted by atomic mass is 35.5. The SMILES string of the molecule is O=C(Nc1ccc(OC2CCCC2)cc1)C1CCN(Cc2ccc(Cl)c(Cl)c2)CC1. The maximum Gasteiger partial charge on any atom is 0.227 e. The minimum atomic E-state index is 0.0458. The molecule has 1 saturated carbocycles. The Bertz CT molecular complexity index is 858. The van der Waals surface area contributed by atoms with Crippen molar-refractivity contribution in [2.75, 3.05) is 18.4 Å². The van der Waals surface area contributed by atoms with Crippen molar-refractivity contribution in [1.29, 1.82) is 0 Å². The van der Waals surface area contributed by atoms with E-state index < -0.39 is 0 Å². The highest BCUT2D eigenvalue weighted by molar-refractivity contribution is 6.42. The van der Waals surface area contributed by atoms with Crippen LogP contribution in [0.1, 0.15) is 44.1 Å². The van der Waals surface area contributed by atoms with Gasteiger partial charge in [0.15, 0.2) is 0 Å². The van der Waals surface area contributed by atoms with Crippen molar-refractivity contribution < 1.29 is 9.53 Å². The third-order valence-corrected chi connectivity index (χ3v) is 6.81. The minimum absolute atomic E-state index is 0.0458. The van der Waals surface area contributed by atoms with Crippen LogP contribution in [0.15, 0.2) is 42.5 Å². The number of hydrogen-bond acceptors (Lipinski definition) is 3. The fourth-order valence-corrected chi connectivity index (χ4v) is 4.63. The Morgan fingerprint density at radius 2 is 1.67 bits per heavy atom. The Labute approximate surface area is 188 Å². The number of benzene rings is 2. The average Bonchev–Trinajstić information content (AvgIpc) is 3.26. The molecule has 1 amide bonds. The van der Waals surface area contributed by atoms with Crippen LogP contribution in [0.4, 0.5) is 5.69 Å². The van der Waals surface area contributed by atoms with Crippen molar-refractivity contribution in [3.63, 3.8) is 0 Å². The zero-order chi connectivity index (χ0) is 20.9. The summed E-state index contributed by atoms with van der Waals surface area (Å²) in [5.74, 6) is 1.04. The molecule has 1 heterocycles. The summed E-state index contributed by atoms with van der Waals surface area (Å²) >= 11 is 12.1. The summed E-state index contributed by atoms with van der Waals surface area (Å²) in [4.78, 5) is 15.0. The minimum Gasteiger partial charge on any atom is -0.490 e. The summed E-state index contributed by atoms with van der Waals surface area (Å²) in [6.07, 6.45) is 6.85. The number of ether oxygens (including phenoxy) is 1. The zero-order valence-electron chi connectivity index (χ0n) is 17.1. The van der Waals surface area contributed by atoms with Crippen LogP contribution in [0.2, 0.25) is 10.0 Å². The maximum atomic E-state index is 12.7. The lowest BCUT2D eigenvalue weighted by atomic mass is 9.95. The summed E-state index contributed by atoms with van der Waals surface area (Å²) in [7, 11) is 0. The maximum absolute atomic E-state index is 12.7. The Kier molecular flexibility index (Phi) is 7.19. The summed E-state index contributed by atoms with van der Waals surface area (Å²) < 4.78 is 5.99. The fraction of sp³-hybridized carbons (Fsp3) is 0.458. The molecule has 0 aromatic heterocycles. The lowest BCUT2D eigenvalue weighted by Gasteiger charge is -2.31. The molecule has 4 rings (SSSR count). The van der Waals surface area contributed by atoms with E-state index in [9.17, 15) is 4.79 Å². The molecule has 30 heavy (non-hydrogen) atoms. The Morgan fingerprint density at radius 3 is 2.33 bits per heavy atom. The fourth-order valence-electron chi connectivity index (χ4n) is 4.31. The first-order chi connectivity index (χ1) is 14.6. The standard InChI is InChI=1S/C24H28Cl2N2O2/c25-22-10-5-17(15-23(22)26)16-28-13-11-18(12-14-28)24(29)27-19-6-8-21(9-7-19)30-20-3-1-2-4-20/h5-10,15,18,20H,1-4,11-14,16H2,(H,27,29). The van der Waals surface area contributed by atoms with E-state index >= 15 is 0 Å². The van der Waals surface area contributed by atoms with Gasteiger partial charge < -0.3 is 10.1 Å². The molecule has 0 spiro atoms. The number of carbonyl (C=O) groups excluding carboxylic acids is 1. The molecule has 6 heteroatoms. The van der Waals surface area contributed by atoms with Gasteiger partial charge in [0.2, 0.25) is 5.91 Å². The van der Waals surface area contributed by atoms with Gasteiger partial charge in [0.1, 0.15) is 5.75 Å². The smallest absolute Gasteiger partial charge is 0.227 e. The predicted octanol–water partition coefficient (Wildman–Crippen LogP) is 6.17. The van der Waals surface area contributed by atoms with Gasteiger partial charge in [-0.2, -0.15) is 0 Å². The van der Waals surface area contributed by atoms with Crippen LogP contribution in [-0.2, 0) is 11.3 Å². The van der Waals surface area contributed by atoms with Gasteiger partial charge in [-0.1, -0.05) is 29.3 Å². The average molecular weight is 447 g/mol. The molecule has 1 aliphatic heterocycles. The summed E-state index contributed by atoms with van der Waals surface area (Å²) in [6, 6.07) is 13.5. The second-order valence-electron chi connectivity index (χ2n) is 8.34. The largest absolute Gasteiger partial charge is 0.490 e. The van der Waals surface area contributed by atoms with Crippen LogP contribution in [-0.4, -0.2) is 30.0 Å². The number of nitrogens with zero attached hydrogens (tertiary/aromatic N) is 1. The quantitative estimate of drug-likeness (QED) is 0.576. The number of anilines is 1. The number of hydrogen-bond donors (Lipinski definition) is 1. The third kappa shape index (κ3) is 5.69. The molecule has 1 N–H and O–H groups in total. The van der Waals surface area contributed by atoms with E-state index in [-0.39, 0.29) is 11.8 Å². The molecule has 0 bridgehead atoms. The van der Waals surface area contributed by atoms with Gasteiger partial charge in [0.25, 0.3) is 0 Å². The number of nitrogens with one attached hydrogen (secondary N) is 1. The molecule has 1 saturated heterocycles. The van der Waals surface area contributed by atoms with Gasteiger partial charge in [-0.15, -0.1) is 0 Å². The number of carbonyl (C=O) groups is 1. The van der Waals surface area contributed by atoms with E-state index in [2.05, 4.69) is 10.2 Å². The molecule has 2 fully saturated rings. The number of rotatable bonds is 6. The molecule has 4 nitrogen and oxygen atoms in total. The van der Waals surface area contributed by atoms with E-state index in [1.54, 1.807) is 0 Å². The van der Waals surface area contributed by atoms with Crippen molar-refractivity contribution in [3.8, 4) is 5.75 Å². The molecule has 2 aromatic carbocycles. The van der Waals surface area contributed by atoms with E-state index in [4.69, 9.17) is 27.9 Å². The van der Waals surface area contributed by atoms with Crippen LogP contribution < -0.4 is 10.1 Å². The van der Waals surface area contributed by atoms with Gasteiger partial charge in [-0.05, 0) is 93.6 Å². The molecule has 1 aliphatic carbocycles. The van der Waals surface area contributed by atoms with Crippen molar-refractivity contribution in [3.05, 3.63) is 58.1 Å². The lowest BCUT2D eigenvalue weighted by Crippen LogP contribution is -2.37. The van der Waals surface area contributed by atoms with E-state index in [0.717, 1.165) is 62.3 Å². The second kappa shape index (κ2) is 10.0. The van der Waals surface area contributed by atoms with Crippen molar-refractivity contribution in [1.82, 2.24) is 4.90 Å². The monoisotopic (exact) mass is 446 g/mol. The topological polar surface area (TPSA) is 41.6 Å². The number of halogens is 2. The Balaban J connectivity index is 1.23. The molecule has 160 valence electrons. The van der Waals surface area contributed by atoms with Crippen LogP contribution in [0.5, 0.6) is 5.75 Å². The van der Waals surface area contributed by atoms with Gasteiger partial charge >= 0.3 is 0 Å². The van der Waals surface area contributed by atoms with Gasteiger partial charge in [-0.25, -0.2) is 0 Å². The lowest BCUT2D eigenvalue weighted by molar-refractivity contribution is -0.121. The highest BCUT2D eigenvalue weighted by Gasteiger charge is 2.25. The Morgan fingerprint density at radius 1 is 0.967 bits per heavy atom. The van der Waals surface area contributed by atoms with Crippen LogP contribution >= 0.6 is 23.2 Å². The number of likely N-dealkylation sites (tertiary alicyclic amines) is 1. The van der Waals surface area contributed by atoms with E-state index in [1.165, 1.54) is 12.8 Å². The molecule has 0 unspecified atom stereocenters. The van der Waals surface area contributed by atoms with Crippen LogP contribution in [0.25, 0.3) is 0 Å². The van der Waals surface area contributed by atoms with Gasteiger partial charge in [0, 0.05) is 18.2 Å². The molecular formula is C24H28Cl2N2O2. The summed E-state index contributed by atoms with van der Waals surface area (Å²) in [5.41, 5.74) is 1.98. The van der Waals surface area contributed by atoms with E-state index in [1.807, 2.05) is 42.5 Å². The molecule has 0 radical (unpaired) electrons. The first-order valence-electron chi connectivity index (χ1n) is 10.8. The molecular weight excluding hydrogens is 419 g/mol. The Hall–Kier alpha value is -1.75. The second-order valence-corrected chi connectivity index (χ2v) is 9.15. The van der Waals surface area contributed by atoms with Crippen molar-refractivity contribution >= 4 is 34.8 Å². The molecule has 0 atom stereocenters. The normalized spacial score (nSPS) is 18.5. The number of amides is 1. The highest BCUT2D eigenvalue weighted by Crippen LogP contribution is 2.27. The molecule has 2 aromatic rings. The summed E-state index contributed by atoms with van der Waals surface area (Å²) in [6.45, 7) is 2.62. The summed E-state index contributed by atoms with van der Waals surface area (Å²) in [5, 5.41) is 4.23. The van der Waals surface area contributed by atoms with E-state index in [0.29, 0.717) is 16.1 Å². The number of piperidine rings is 1. The predicted molar refractivity (Wildman–Crippen MR) is 122 cm³/mol.